The Morgan fingerprint density at radius 1 is 1.05 bits per heavy atom. The summed E-state index contributed by atoms with van der Waals surface area (Å²) in [5, 5.41) is 0. The molecule has 2 heteroatoms. The maximum Gasteiger partial charge on any atom is 0.127 e. The van der Waals surface area contributed by atoms with Crippen molar-refractivity contribution in [3.63, 3.8) is 0 Å². The lowest BCUT2D eigenvalue weighted by molar-refractivity contribution is 0.481. The number of hydrogen-bond acceptors (Lipinski definition) is 2. The molecule has 0 fully saturated rings. The van der Waals surface area contributed by atoms with E-state index in [4.69, 9.17) is 10.5 Å². The van der Waals surface area contributed by atoms with E-state index in [2.05, 4.69) is 38.1 Å². The van der Waals surface area contributed by atoms with Crippen molar-refractivity contribution in [3.05, 3.63) is 59.2 Å². The first-order valence-corrected chi connectivity index (χ1v) is 6.79. The van der Waals surface area contributed by atoms with Gasteiger partial charge in [0.1, 0.15) is 11.5 Å². The van der Waals surface area contributed by atoms with E-state index >= 15 is 0 Å². The van der Waals surface area contributed by atoms with Gasteiger partial charge in [0.05, 0.1) is 0 Å². The molecule has 0 aromatic heterocycles. The number of nitrogens with two attached hydrogens (primary N) is 1. The van der Waals surface area contributed by atoms with Crippen molar-refractivity contribution in [2.45, 2.75) is 26.7 Å². The molecular weight excluding hydrogens is 234 g/mol. The molecule has 2 aromatic carbocycles. The summed E-state index contributed by atoms with van der Waals surface area (Å²) in [6.07, 6.45) is 1.93. The summed E-state index contributed by atoms with van der Waals surface area (Å²) >= 11 is 0. The Bertz CT molecular complexity index is 549. The monoisotopic (exact) mass is 255 g/mol. The number of hydrogen-bond donors (Lipinski definition) is 1. The second-order valence-electron chi connectivity index (χ2n) is 4.73. The van der Waals surface area contributed by atoms with Gasteiger partial charge in [-0.15, -0.1) is 0 Å². The van der Waals surface area contributed by atoms with Crippen molar-refractivity contribution in [3.8, 4) is 11.5 Å². The van der Waals surface area contributed by atoms with Crippen LogP contribution in [0.1, 0.15) is 23.6 Å². The Morgan fingerprint density at radius 2 is 1.84 bits per heavy atom. The van der Waals surface area contributed by atoms with Crippen LogP contribution in [0.25, 0.3) is 0 Å². The zero-order valence-electron chi connectivity index (χ0n) is 11.6. The van der Waals surface area contributed by atoms with Crippen LogP contribution in [0.4, 0.5) is 0 Å². The second-order valence-corrected chi connectivity index (χ2v) is 4.73. The van der Waals surface area contributed by atoms with Crippen LogP contribution in [-0.2, 0) is 12.8 Å². The number of rotatable bonds is 5. The average Bonchev–Trinajstić information content (AvgIpc) is 2.42. The van der Waals surface area contributed by atoms with E-state index < -0.39 is 0 Å². The summed E-state index contributed by atoms with van der Waals surface area (Å²) in [6.45, 7) is 4.92. The average molecular weight is 255 g/mol. The predicted octanol–water partition coefficient (Wildman–Crippen LogP) is 3.85. The molecule has 0 unspecified atom stereocenters. The van der Waals surface area contributed by atoms with Crippen LogP contribution in [-0.4, -0.2) is 6.54 Å². The van der Waals surface area contributed by atoms with Crippen molar-refractivity contribution in [1.82, 2.24) is 0 Å². The van der Waals surface area contributed by atoms with Crippen LogP contribution in [0.5, 0.6) is 11.5 Å². The van der Waals surface area contributed by atoms with Crippen LogP contribution in [0.2, 0.25) is 0 Å². The summed E-state index contributed by atoms with van der Waals surface area (Å²) in [5.74, 6) is 1.77. The van der Waals surface area contributed by atoms with Crippen molar-refractivity contribution in [1.29, 1.82) is 0 Å². The van der Waals surface area contributed by atoms with Crippen LogP contribution in [0, 0.1) is 6.92 Å². The van der Waals surface area contributed by atoms with Crippen molar-refractivity contribution in [2.24, 2.45) is 5.73 Å². The Kier molecular flexibility index (Phi) is 4.58. The predicted molar refractivity (Wildman–Crippen MR) is 79.8 cm³/mol. The quantitative estimate of drug-likeness (QED) is 0.880. The molecule has 0 aliphatic rings. The van der Waals surface area contributed by atoms with Gasteiger partial charge in [-0.25, -0.2) is 0 Å². The normalized spacial score (nSPS) is 10.5. The van der Waals surface area contributed by atoms with Crippen molar-refractivity contribution >= 4 is 0 Å². The van der Waals surface area contributed by atoms with Gasteiger partial charge in [0.25, 0.3) is 0 Å². The summed E-state index contributed by atoms with van der Waals surface area (Å²) in [5.41, 5.74) is 9.40. The molecule has 0 aliphatic carbocycles. The van der Waals surface area contributed by atoms with Crippen molar-refractivity contribution in [2.75, 3.05) is 6.54 Å². The molecule has 100 valence electrons. The van der Waals surface area contributed by atoms with E-state index in [1.165, 1.54) is 16.7 Å². The van der Waals surface area contributed by atoms with Crippen LogP contribution in [0.15, 0.2) is 42.5 Å². The maximum absolute atomic E-state index is 5.90. The summed E-state index contributed by atoms with van der Waals surface area (Å²) in [4.78, 5) is 0. The van der Waals surface area contributed by atoms with Gasteiger partial charge in [0, 0.05) is 0 Å². The Hall–Kier alpha value is -1.80. The molecule has 0 heterocycles. The Labute approximate surface area is 115 Å². The minimum atomic E-state index is 0.680. The summed E-state index contributed by atoms with van der Waals surface area (Å²) in [7, 11) is 0. The zero-order chi connectivity index (χ0) is 13.7. The first kappa shape index (κ1) is 13.6. The molecule has 2 nitrogen and oxygen atoms in total. The van der Waals surface area contributed by atoms with Crippen LogP contribution >= 0.6 is 0 Å². The third-order valence-electron chi connectivity index (χ3n) is 3.27. The van der Waals surface area contributed by atoms with Gasteiger partial charge < -0.3 is 10.5 Å². The highest BCUT2D eigenvalue weighted by atomic mass is 16.5. The first-order chi connectivity index (χ1) is 9.22. The zero-order valence-corrected chi connectivity index (χ0v) is 11.6. The van der Waals surface area contributed by atoms with E-state index in [0.29, 0.717) is 6.54 Å². The molecule has 0 aliphatic heterocycles. The fourth-order valence-corrected chi connectivity index (χ4v) is 2.13. The minimum Gasteiger partial charge on any atom is -0.457 e. The Morgan fingerprint density at radius 3 is 2.53 bits per heavy atom. The lowest BCUT2D eigenvalue weighted by atomic mass is 10.1. The molecule has 0 amide bonds. The number of aryl methyl sites for hydroxylation is 2. The van der Waals surface area contributed by atoms with E-state index in [9.17, 15) is 0 Å². The molecule has 0 saturated heterocycles. The van der Waals surface area contributed by atoms with Gasteiger partial charge in [-0.3, -0.25) is 0 Å². The van der Waals surface area contributed by atoms with E-state index in [0.717, 1.165) is 24.3 Å². The van der Waals surface area contributed by atoms with Gasteiger partial charge in [-0.05, 0) is 67.3 Å². The van der Waals surface area contributed by atoms with Crippen LogP contribution < -0.4 is 10.5 Å². The molecular formula is C17H21NO. The summed E-state index contributed by atoms with van der Waals surface area (Å²) in [6, 6.07) is 14.4. The van der Waals surface area contributed by atoms with E-state index in [-0.39, 0.29) is 0 Å². The molecule has 0 radical (unpaired) electrons. The van der Waals surface area contributed by atoms with Crippen molar-refractivity contribution < 1.29 is 4.74 Å². The lowest BCUT2D eigenvalue weighted by Gasteiger charge is -2.10. The maximum atomic E-state index is 5.90. The lowest BCUT2D eigenvalue weighted by Crippen LogP contribution is -2.04. The largest absolute Gasteiger partial charge is 0.457 e. The fourth-order valence-electron chi connectivity index (χ4n) is 2.13. The molecule has 2 rings (SSSR count). The highest BCUT2D eigenvalue weighted by molar-refractivity contribution is 5.39. The molecule has 0 bridgehead atoms. The fraction of sp³-hybridized carbons (Fsp3) is 0.294. The second kappa shape index (κ2) is 6.39. The molecule has 0 saturated carbocycles. The highest BCUT2D eigenvalue weighted by Gasteiger charge is 2.02. The SMILES string of the molecule is CCc1cccc(Oc2ccc(CCN)c(C)c2)c1. The van der Waals surface area contributed by atoms with Gasteiger partial charge >= 0.3 is 0 Å². The topological polar surface area (TPSA) is 35.2 Å². The molecule has 2 N–H and O–H groups in total. The van der Waals surface area contributed by atoms with Gasteiger partial charge in [0.15, 0.2) is 0 Å². The molecule has 0 spiro atoms. The first-order valence-electron chi connectivity index (χ1n) is 6.79. The summed E-state index contributed by atoms with van der Waals surface area (Å²) < 4.78 is 5.90. The van der Waals surface area contributed by atoms with Gasteiger partial charge in [0.2, 0.25) is 0 Å². The third-order valence-corrected chi connectivity index (χ3v) is 3.27. The number of benzene rings is 2. The third kappa shape index (κ3) is 3.58. The molecule has 19 heavy (non-hydrogen) atoms. The Balaban J connectivity index is 2.16. The highest BCUT2D eigenvalue weighted by Crippen LogP contribution is 2.24. The molecule has 2 aromatic rings. The van der Waals surface area contributed by atoms with E-state index in [1.807, 2.05) is 18.2 Å². The standard InChI is InChI=1S/C17H21NO/c1-3-14-5-4-6-16(12-14)19-17-8-7-15(9-10-18)13(2)11-17/h4-8,11-12H,3,9-10,18H2,1-2H3. The number of ether oxygens (including phenoxy) is 1. The smallest absolute Gasteiger partial charge is 0.127 e. The van der Waals surface area contributed by atoms with Gasteiger partial charge in [-0.2, -0.15) is 0 Å². The minimum absolute atomic E-state index is 0.680. The van der Waals surface area contributed by atoms with E-state index in [1.54, 1.807) is 0 Å². The van der Waals surface area contributed by atoms with Gasteiger partial charge in [-0.1, -0.05) is 25.1 Å². The molecule has 0 atom stereocenters. The van der Waals surface area contributed by atoms with Crippen LogP contribution in [0.3, 0.4) is 0 Å².